The summed E-state index contributed by atoms with van der Waals surface area (Å²) in [6.07, 6.45) is 8.88. The molecule has 0 unspecified atom stereocenters. The van der Waals surface area contributed by atoms with Crippen molar-refractivity contribution in [3.8, 4) is 0 Å². The molecule has 160 valence electrons. The van der Waals surface area contributed by atoms with Gasteiger partial charge in [-0.05, 0) is 43.7 Å². The summed E-state index contributed by atoms with van der Waals surface area (Å²) in [5.74, 6) is -2.10. The van der Waals surface area contributed by atoms with E-state index in [4.69, 9.17) is 4.74 Å². The number of amides is 4. The molecule has 1 aliphatic carbocycles. The van der Waals surface area contributed by atoms with Crippen LogP contribution < -0.4 is 16.0 Å². The summed E-state index contributed by atoms with van der Waals surface area (Å²) in [4.78, 5) is 47.2. The molecule has 0 saturated carbocycles. The van der Waals surface area contributed by atoms with Crippen molar-refractivity contribution in [2.24, 2.45) is 0 Å². The van der Waals surface area contributed by atoms with E-state index in [1.165, 1.54) is 31.4 Å². The Hall–Kier alpha value is -3.42. The van der Waals surface area contributed by atoms with Crippen molar-refractivity contribution in [1.29, 1.82) is 0 Å². The number of carbonyl (C=O) groups excluding carboxylic acids is 4. The van der Waals surface area contributed by atoms with E-state index in [0.717, 1.165) is 19.3 Å². The number of hydrogen-bond acceptors (Lipinski definition) is 5. The molecule has 0 aliphatic heterocycles. The molecule has 0 bridgehead atoms. The molecule has 30 heavy (non-hydrogen) atoms. The van der Waals surface area contributed by atoms with Gasteiger partial charge in [0.2, 0.25) is 5.91 Å². The summed E-state index contributed by atoms with van der Waals surface area (Å²) in [7, 11) is 0. The van der Waals surface area contributed by atoms with Gasteiger partial charge in [-0.1, -0.05) is 42.0 Å². The average molecular weight is 413 g/mol. The maximum atomic E-state index is 12.2. The number of nitrogens with one attached hydrogen (secondary N) is 3. The molecule has 0 fully saturated rings. The normalized spacial score (nSPS) is 13.6. The summed E-state index contributed by atoms with van der Waals surface area (Å²) >= 11 is 0. The minimum absolute atomic E-state index is 0.105. The number of ether oxygens (including phenoxy) is 1. The summed E-state index contributed by atoms with van der Waals surface area (Å²) in [5.41, 5.74) is 1.89. The summed E-state index contributed by atoms with van der Waals surface area (Å²) in [6.45, 7) is 1.03. The predicted octanol–water partition coefficient (Wildman–Crippen LogP) is 2.42. The van der Waals surface area contributed by atoms with Gasteiger partial charge in [-0.2, -0.15) is 0 Å². The molecular formula is C22H27N3O5. The van der Waals surface area contributed by atoms with Gasteiger partial charge in [0, 0.05) is 13.5 Å². The van der Waals surface area contributed by atoms with Gasteiger partial charge in [-0.3, -0.25) is 14.9 Å². The van der Waals surface area contributed by atoms with E-state index in [9.17, 15) is 19.2 Å². The summed E-state index contributed by atoms with van der Waals surface area (Å²) in [5, 5.41) is 7.10. The maximum Gasteiger partial charge on any atom is 0.355 e. The molecule has 1 aromatic carbocycles. The van der Waals surface area contributed by atoms with Gasteiger partial charge in [0.15, 0.2) is 6.61 Å². The summed E-state index contributed by atoms with van der Waals surface area (Å²) in [6, 6.07) is 8.22. The van der Waals surface area contributed by atoms with Gasteiger partial charge in [-0.15, -0.1) is 0 Å². The molecular weight excluding hydrogens is 386 g/mol. The van der Waals surface area contributed by atoms with Crippen molar-refractivity contribution in [1.82, 2.24) is 16.0 Å². The summed E-state index contributed by atoms with van der Waals surface area (Å²) < 4.78 is 4.92. The molecule has 1 aromatic rings. The molecule has 8 heteroatoms. The van der Waals surface area contributed by atoms with Gasteiger partial charge in [0.05, 0.1) is 0 Å². The van der Waals surface area contributed by atoms with Crippen molar-refractivity contribution < 1.29 is 23.9 Å². The minimum Gasteiger partial charge on any atom is -0.451 e. The van der Waals surface area contributed by atoms with Crippen LogP contribution in [-0.4, -0.2) is 37.0 Å². The fourth-order valence-corrected chi connectivity index (χ4v) is 2.94. The van der Waals surface area contributed by atoms with E-state index in [1.54, 1.807) is 24.3 Å². The Kier molecular flexibility index (Phi) is 9.30. The lowest BCUT2D eigenvalue weighted by Crippen LogP contribution is -2.42. The monoisotopic (exact) mass is 413 g/mol. The first-order valence-corrected chi connectivity index (χ1v) is 9.91. The third-order valence-electron chi connectivity index (χ3n) is 4.35. The second-order valence-corrected chi connectivity index (χ2v) is 6.89. The van der Waals surface area contributed by atoms with Crippen LogP contribution in [-0.2, 0) is 19.1 Å². The topological polar surface area (TPSA) is 114 Å². The molecule has 0 aromatic heterocycles. The lowest BCUT2D eigenvalue weighted by molar-refractivity contribution is -0.145. The number of allylic oxidation sites excluding steroid dienone is 1. The zero-order valence-corrected chi connectivity index (χ0v) is 17.0. The Balaban J connectivity index is 1.77. The molecule has 4 amide bonds. The minimum atomic E-state index is -0.881. The van der Waals surface area contributed by atoms with Crippen LogP contribution in [0.2, 0.25) is 0 Å². The van der Waals surface area contributed by atoms with E-state index >= 15 is 0 Å². The Morgan fingerprint density at radius 3 is 2.50 bits per heavy atom. The van der Waals surface area contributed by atoms with Gasteiger partial charge in [0.25, 0.3) is 5.91 Å². The second-order valence-electron chi connectivity index (χ2n) is 6.89. The van der Waals surface area contributed by atoms with E-state index in [-0.39, 0.29) is 5.70 Å². The van der Waals surface area contributed by atoms with Gasteiger partial charge < -0.3 is 15.4 Å². The molecule has 2 rings (SSSR count). The van der Waals surface area contributed by atoms with Gasteiger partial charge >= 0.3 is 12.0 Å². The number of hydrogen-bond donors (Lipinski definition) is 3. The van der Waals surface area contributed by atoms with Crippen LogP contribution in [0.25, 0.3) is 6.08 Å². The first kappa shape index (κ1) is 22.9. The number of urea groups is 1. The lowest BCUT2D eigenvalue weighted by Gasteiger charge is -2.13. The van der Waals surface area contributed by atoms with Crippen LogP contribution in [0.1, 0.15) is 44.6 Å². The average Bonchev–Trinajstić information content (AvgIpc) is 2.72. The quantitative estimate of drug-likeness (QED) is 0.344. The van der Waals surface area contributed by atoms with E-state index in [2.05, 4.69) is 22.0 Å². The highest BCUT2D eigenvalue weighted by atomic mass is 16.5. The fourth-order valence-electron chi connectivity index (χ4n) is 2.94. The highest BCUT2D eigenvalue weighted by molar-refractivity contribution is 6.00. The molecule has 1 aliphatic rings. The maximum absolute atomic E-state index is 12.2. The second kappa shape index (κ2) is 12.2. The number of rotatable bonds is 8. The van der Waals surface area contributed by atoms with Gasteiger partial charge in [-0.25, -0.2) is 9.59 Å². The Morgan fingerprint density at radius 2 is 1.83 bits per heavy atom. The van der Waals surface area contributed by atoms with Crippen LogP contribution in [0.15, 0.2) is 47.7 Å². The molecule has 0 spiro atoms. The zero-order valence-electron chi connectivity index (χ0n) is 17.0. The largest absolute Gasteiger partial charge is 0.451 e. The third-order valence-corrected chi connectivity index (χ3v) is 4.35. The molecule has 0 heterocycles. The number of carbonyl (C=O) groups is 4. The highest BCUT2D eigenvalue weighted by Crippen LogP contribution is 2.19. The Labute approximate surface area is 175 Å². The van der Waals surface area contributed by atoms with Crippen LogP contribution in [0.5, 0.6) is 0 Å². The van der Waals surface area contributed by atoms with E-state index in [0.29, 0.717) is 12.1 Å². The molecule has 0 radical (unpaired) electrons. The van der Waals surface area contributed by atoms with E-state index in [1.807, 2.05) is 6.07 Å². The molecule has 0 atom stereocenters. The third kappa shape index (κ3) is 8.72. The molecule has 3 N–H and O–H groups in total. The first-order chi connectivity index (χ1) is 14.4. The van der Waals surface area contributed by atoms with Crippen molar-refractivity contribution >= 4 is 29.9 Å². The van der Waals surface area contributed by atoms with Crippen LogP contribution in [0.3, 0.4) is 0 Å². The smallest absolute Gasteiger partial charge is 0.355 e. The predicted molar refractivity (Wildman–Crippen MR) is 112 cm³/mol. The van der Waals surface area contributed by atoms with Crippen LogP contribution in [0, 0.1) is 0 Å². The zero-order chi connectivity index (χ0) is 21.8. The van der Waals surface area contributed by atoms with Crippen molar-refractivity contribution in [2.45, 2.75) is 39.0 Å². The number of imide groups is 1. The SMILES string of the molecule is CC(=O)N/C(=C\c1ccccc1)C(=O)OCC(=O)NC(=O)NCCC1=CCCCC1. The van der Waals surface area contributed by atoms with Gasteiger partial charge in [0.1, 0.15) is 5.70 Å². The number of benzene rings is 1. The Morgan fingerprint density at radius 1 is 1.07 bits per heavy atom. The first-order valence-electron chi connectivity index (χ1n) is 9.91. The molecule has 8 nitrogen and oxygen atoms in total. The number of esters is 1. The highest BCUT2D eigenvalue weighted by Gasteiger charge is 2.16. The van der Waals surface area contributed by atoms with Crippen molar-refractivity contribution in [3.05, 3.63) is 53.2 Å². The van der Waals surface area contributed by atoms with Crippen molar-refractivity contribution in [2.75, 3.05) is 13.2 Å². The Bertz CT molecular complexity index is 830. The van der Waals surface area contributed by atoms with Crippen molar-refractivity contribution in [3.63, 3.8) is 0 Å². The lowest BCUT2D eigenvalue weighted by atomic mass is 9.97. The van der Waals surface area contributed by atoms with Crippen LogP contribution in [0.4, 0.5) is 4.79 Å². The molecule has 0 saturated heterocycles. The van der Waals surface area contributed by atoms with E-state index < -0.39 is 30.4 Å². The fraction of sp³-hybridized carbons (Fsp3) is 0.364. The standard InChI is InChI=1S/C22H27N3O5/c1-16(26)24-19(14-18-10-6-3-7-11-18)21(28)30-15-20(27)25-22(29)23-13-12-17-8-4-2-5-9-17/h3,6-8,10-11,14H,2,4-5,9,12-13,15H2,1H3,(H,24,26)(H2,23,25,27,29)/b19-14-. The van der Waals surface area contributed by atoms with Crippen LogP contribution >= 0.6 is 0 Å².